The second-order valence-electron chi connectivity index (χ2n) is 8.92. The van der Waals surface area contributed by atoms with E-state index in [9.17, 15) is 4.79 Å². The van der Waals surface area contributed by atoms with Crippen molar-refractivity contribution in [2.24, 2.45) is 23.5 Å². The number of carbonyl (C=O) groups excluding carboxylic acids is 1. The highest BCUT2D eigenvalue weighted by Gasteiger charge is 2.40. The molecule has 154 valence electrons. The first-order valence-electron chi connectivity index (χ1n) is 11.0. The molecule has 2 atom stereocenters. The van der Waals surface area contributed by atoms with E-state index >= 15 is 0 Å². The molecule has 0 radical (unpaired) electrons. The first-order chi connectivity index (χ1) is 13.6. The van der Waals surface area contributed by atoms with Crippen LogP contribution in [0.5, 0.6) is 11.5 Å². The van der Waals surface area contributed by atoms with Crippen LogP contribution >= 0.6 is 0 Å². The summed E-state index contributed by atoms with van der Waals surface area (Å²) in [5.41, 5.74) is 7.40. The predicted octanol–water partition coefficient (Wildman–Crippen LogP) is 3.79. The van der Waals surface area contributed by atoms with Gasteiger partial charge in [0.15, 0.2) is 11.5 Å². The summed E-state index contributed by atoms with van der Waals surface area (Å²) in [7, 11) is 1.67. The molecule has 1 amide bonds. The van der Waals surface area contributed by atoms with Crippen LogP contribution < -0.4 is 20.5 Å². The van der Waals surface area contributed by atoms with Crippen molar-refractivity contribution in [2.75, 3.05) is 7.11 Å². The maximum atomic E-state index is 12.8. The SMILES string of the molecule is COc1cc(CNC(=O)C2CC3CCCC(C2)C3N)ccc1OC1CCCC1. The maximum absolute atomic E-state index is 12.8. The monoisotopic (exact) mass is 386 g/mol. The van der Waals surface area contributed by atoms with Crippen LogP contribution in [0.15, 0.2) is 18.2 Å². The number of hydrogen-bond donors (Lipinski definition) is 2. The van der Waals surface area contributed by atoms with Crippen LogP contribution in [-0.4, -0.2) is 25.2 Å². The van der Waals surface area contributed by atoms with Gasteiger partial charge in [0, 0.05) is 18.5 Å². The molecule has 2 unspecified atom stereocenters. The Labute approximate surface area is 168 Å². The summed E-state index contributed by atoms with van der Waals surface area (Å²) in [6, 6.07) is 6.28. The minimum absolute atomic E-state index is 0.113. The number of ether oxygens (including phenoxy) is 2. The zero-order chi connectivity index (χ0) is 19.5. The highest BCUT2D eigenvalue weighted by atomic mass is 16.5. The van der Waals surface area contributed by atoms with Gasteiger partial charge in [-0.2, -0.15) is 0 Å². The zero-order valence-electron chi connectivity index (χ0n) is 17.0. The molecule has 1 aromatic rings. The Morgan fingerprint density at radius 2 is 1.79 bits per heavy atom. The molecule has 3 fully saturated rings. The Morgan fingerprint density at radius 1 is 1.07 bits per heavy atom. The molecular weight excluding hydrogens is 352 g/mol. The van der Waals surface area contributed by atoms with Crippen LogP contribution in [0.4, 0.5) is 0 Å². The van der Waals surface area contributed by atoms with Crippen molar-refractivity contribution in [2.45, 2.75) is 76.5 Å². The molecule has 0 spiro atoms. The lowest BCUT2D eigenvalue weighted by atomic mass is 9.65. The Balaban J connectivity index is 1.33. The van der Waals surface area contributed by atoms with Gasteiger partial charge in [0.05, 0.1) is 13.2 Å². The molecule has 0 heterocycles. The molecule has 3 saturated carbocycles. The molecule has 3 N–H and O–H groups in total. The second kappa shape index (κ2) is 8.73. The van der Waals surface area contributed by atoms with Crippen LogP contribution in [0, 0.1) is 17.8 Å². The third-order valence-corrected chi connectivity index (χ3v) is 7.07. The highest BCUT2D eigenvalue weighted by molar-refractivity contribution is 5.78. The van der Waals surface area contributed by atoms with E-state index in [4.69, 9.17) is 15.2 Å². The van der Waals surface area contributed by atoms with Gasteiger partial charge in [0.25, 0.3) is 0 Å². The minimum Gasteiger partial charge on any atom is -0.493 e. The lowest BCUT2D eigenvalue weighted by Gasteiger charge is -2.43. The molecule has 4 rings (SSSR count). The van der Waals surface area contributed by atoms with E-state index in [1.165, 1.54) is 32.1 Å². The third kappa shape index (κ3) is 4.29. The van der Waals surface area contributed by atoms with Crippen molar-refractivity contribution in [1.82, 2.24) is 5.32 Å². The fraction of sp³-hybridized carbons (Fsp3) is 0.696. The molecular formula is C23H34N2O3. The van der Waals surface area contributed by atoms with Crippen molar-refractivity contribution in [1.29, 1.82) is 0 Å². The van der Waals surface area contributed by atoms with E-state index in [0.717, 1.165) is 42.7 Å². The van der Waals surface area contributed by atoms with E-state index in [0.29, 0.717) is 30.5 Å². The largest absolute Gasteiger partial charge is 0.493 e. The fourth-order valence-corrected chi connectivity index (χ4v) is 5.44. The van der Waals surface area contributed by atoms with Crippen LogP contribution in [0.2, 0.25) is 0 Å². The molecule has 0 saturated heterocycles. The number of rotatable bonds is 6. The quantitative estimate of drug-likeness (QED) is 0.780. The van der Waals surface area contributed by atoms with Gasteiger partial charge in [-0.25, -0.2) is 0 Å². The van der Waals surface area contributed by atoms with Crippen molar-refractivity contribution in [3.05, 3.63) is 23.8 Å². The predicted molar refractivity (Wildman–Crippen MR) is 109 cm³/mol. The molecule has 2 bridgehead atoms. The summed E-state index contributed by atoms with van der Waals surface area (Å²) in [6.45, 7) is 0.525. The summed E-state index contributed by atoms with van der Waals surface area (Å²) in [4.78, 5) is 12.8. The van der Waals surface area contributed by atoms with Gasteiger partial charge in [-0.15, -0.1) is 0 Å². The van der Waals surface area contributed by atoms with E-state index in [2.05, 4.69) is 5.32 Å². The number of nitrogens with one attached hydrogen (secondary N) is 1. The fourth-order valence-electron chi connectivity index (χ4n) is 5.44. The van der Waals surface area contributed by atoms with E-state index < -0.39 is 0 Å². The summed E-state index contributed by atoms with van der Waals surface area (Å²) < 4.78 is 11.6. The molecule has 5 nitrogen and oxygen atoms in total. The highest BCUT2D eigenvalue weighted by Crippen LogP contribution is 2.42. The van der Waals surface area contributed by atoms with E-state index in [1.54, 1.807) is 7.11 Å². The lowest BCUT2D eigenvalue weighted by Crippen LogP contribution is -2.49. The van der Waals surface area contributed by atoms with Crippen LogP contribution in [-0.2, 0) is 11.3 Å². The molecule has 28 heavy (non-hydrogen) atoms. The number of amides is 1. The second-order valence-corrected chi connectivity index (χ2v) is 8.92. The summed E-state index contributed by atoms with van der Waals surface area (Å²) >= 11 is 0. The van der Waals surface area contributed by atoms with Crippen molar-refractivity contribution in [3.8, 4) is 11.5 Å². The van der Waals surface area contributed by atoms with Gasteiger partial charge in [0.1, 0.15) is 0 Å². The lowest BCUT2D eigenvalue weighted by molar-refractivity contribution is -0.128. The van der Waals surface area contributed by atoms with E-state index in [1.807, 2.05) is 18.2 Å². The van der Waals surface area contributed by atoms with Gasteiger partial charge in [-0.05, 0) is 80.9 Å². The van der Waals surface area contributed by atoms with Gasteiger partial charge < -0.3 is 20.5 Å². The smallest absolute Gasteiger partial charge is 0.223 e. The normalized spacial score (nSPS) is 30.1. The van der Waals surface area contributed by atoms with Gasteiger partial charge in [-0.3, -0.25) is 4.79 Å². The van der Waals surface area contributed by atoms with Crippen molar-refractivity contribution < 1.29 is 14.3 Å². The van der Waals surface area contributed by atoms with Crippen molar-refractivity contribution >= 4 is 5.91 Å². The molecule has 0 aliphatic heterocycles. The standard InChI is InChI=1S/C23H34N2O3/c1-27-21-11-15(9-10-20(21)28-19-7-2-3-8-19)14-25-23(26)18-12-16-5-4-6-17(13-18)22(16)24/h9-11,16-19,22H,2-8,12-14,24H2,1H3,(H,25,26). The van der Waals surface area contributed by atoms with Gasteiger partial charge >= 0.3 is 0 Å². The van der Waals surface area contributed by atoms with Crippen LogP contribution in [0.1, 0.15) is 63.4 Å². The average molecular weight is 387 g/mol. The topological polar surface area (TPSA) is 73.6 Å². The third-order valence-electron chi connectivity index (χ3n) is 7.07. The Bertz CT molecular complexity index is 672. The minimum atomic E-state index is 0.113. The summed E-state index contributed by atoms with van der Waals surface area (Å²) in [5.74, 6) is 2.89. The molecule has 3 aliphatic rings. The summed E-state index contributed by atoms with van der Waals surface area (Å²) in [5, 5.41) is 3.14. The number of hydrogen-bond acceptors (Lipinski definition) is 4. The molecule has 3 aliphatic carbocycles. The number of benzene rings is 1. The molecule has 0 aromatic heterocycles. The number of carbonyl (C=O) groups is 1. The van der Waals surface area contributed by atoms with Crippen LogP contribution in [0.3, 0.4) is 0 Å². The Hall–Kier alpha value is -1.75. The summed E-state index contributed by atoms with van der Waals surface area (Å²) in [6.07, 6.45) is 10.5. The average Bonchev–Trinajstić information content (AvgIpc) is 3.20. The van der Waals surface area contributed by atoms with Gasteiger partial charge in [0.2, 0.25) is 5.91 Å². The number of fused-ring (bicyclic) bond motifs is 2. The van der Waals surface area contributed by atoms with Crippen molar-refractivity contribution in [3.63, 3.8) is 0 Å². The number of methoxy groups -OCH3 is 1. The zero-order valence-corrected chi connectivity index (χ0v) is 17.0. The number of nitrogens with two attached hydrogens (primary N) is 1. The first-order valence-corrected chi connectivity index (χ1v) is 11.0. The first kappa shape index (κ1) is 19.6. The maximum Gasteiger partial charge on any atom is 0.223 e. The molecule has 1 aromatic carbocycles. The van der Waals surface area contributed by atoms with Crippen LogP contribution in [0.25, 0.3) is 0 Å². The Kier molecular flexibility index (Phi) is 6.10. The Morgan fingerprint density at radius 3 is 2.46 bits per heavy atom. The molecule has 5 heteroatoms. The van der Waals surface area contributed by atoms with E-state index in [-0.39, 0.29) is 11.8 Å². The van der Waals surface area contributed by atoms with Gasteiger partial charge in [-0.1, -0.05) is 12.5 Å².